The number of hydrogen-bond acceptors (Lipinski definition) is 5. The predicted molar refractivity (Wildman–Crippen MR) is 92.0 cm³/mol. The molecule has 25 heavy (non-hydrogen) atoms. The molecular formula is C15H10Cl2N2O5S. The van der Waals surface area contributed by atoms with Crippen molar-refractivity contribution in [3.63, 3.8) is 0 Å². The quantitative estimate of drug-likeness (QED) is 0.851. The average molecular weight is 401 g/mol. The number of amides is 2. The minimum atomic E-state index is -4.38. The summed E-state index contributed by atoms with van der Waals surface area (Å²) in [6, 6.07) is 6.31. The summed E-state index contributed by atoms with van der Waals surface area (Å²) in [5.41, 5.74) is 5.31. The van der Waals surface area contributed by atoms with Crippen molar-refractivity contribution >= 4 is 50.7 Å². The number of primary amides is 1. The Bertz CT molecular complexity index is 1010. The molecule has 2 N–H and O–H groups in total. The molecule has 0 fully saturated rings. The number of fused-ring (bicyclic) bond motifs is 1. The van der Waals surface area contributed by atoms with Crippen molar-refractivity contribution in [2.45, 2.75) is 4.90 Å². The first-order valence-corrected chi connectivity index (χ1v) is 9.01. The molecule has 0 saturated carbocycles. The molecule has 3 rings (SSSR count). The van der Waals surface area contributed by atoms with Crippen molar-refractivity contribution in [2.75, 3.05) is 10.9 Å². The van der Waals surface area contributed by atoms with Gasteiger partial charge in [-0.25, -0.2) is 13.2 Å². The van der Waals surface area contributed by atoms with Gasteiger partial charge in [0.1, 0.15) is 5.75 Å². The summed E-state index contributed by atoms with van der Waals surface area (Å²) in [6.45, 7) is -0.162. The lowest BCUT2D eigenvalue weighted by Crippen LogP contribution is -2.40. The molecule has 0 aliphatic carbocycles. The number of urea groups is 1. The van der Waals surface area contributed by atoms with E-state index in [0.717, 1.165) is 6.07 Å². The SMILES string of the molecule is NC(=O)N(c1ccc(Cl)c(Cl)c1)S(=O)(=O)c1ccc2c(c1)C(=O)CO2. The van der Waals surface area contributed by atoms with Gasteiger partial charge in [-0.15, -0.1) is 0 Å². The van der Waals surface area contributed by atoms with Crippen molar-refractivity contribution < 1.29 is 22.7 Å². The largest absolute Gasteiger partial charge is 0.485 e. The van der Waals surface area contributed by atoms with Crippen LogP contribution in [0.5, 0.6) is 5.75 Å². The van der Waals surface area contributed by atoms with Crippen LogP contribution in [0.3, 0.4) is 0 Å². The van der Waals surface area contributed by atoms with Crippen LogP contribution in [0, 0.1) is 0 Å². The van der Waals surface area contributed by atoms with Gasteiger partial charge in [0.25, 0.3) is 10.0 Å². The highest BCUT2D eigenvalue weighted by molar-refractivity contribution is 7.93. The van der Waals surface area contributed by atoms with Gasteiger partial charge in [-0.2, -0.15) is 4.31 Å². The van der Waals surface area contributed by atoms with Gasteiger partial charge < -0.3 is 10.5 Å². The number of halogens is 2. The summed E-state index contributed by atoms with van der Waals surface area (Å²) in [5.74, 6) is -0.0728. The van der Waals surface area contributed by atoms with Crippen LogP contribution in [-0.2, 0) is 10.0 Å². The molecular weight excluding hydrogens is 391 g/mol. The second-order valence-electron chi connectivity index (χ2n) is 5.08. The lowest BCUT2D eigenvalue weighted by Gasteiger charge is -2.21. The van der Waals surface area contributed by atoms with Crippen LogP contribution in [0.25, 0.3) is 0 Å². The van der Waals surface area contributed by atoms with Gasteiger partial charge in [-0.3, -0.25) is 4.79 Å². The van der Waals surface area contributed by atoms with Crippen molar-refractivity contribution in [1.82, 2.24) is 0 Å². The zero-order valence-corrected chi connectivity index (χ0v) is 14.7. The molecule has 10 heteroatoms. The van der Waals surface area contributed by atoms with Crippen molar-refractivity contribution in [3.05, 3.63) is 52.0 Å². The third-order valence-corrected chi connectivity index (χ3v) is 5.95. The first-order valence-electron chi connectivity index (χ1n) is 6.81. The topological polar surface area (TPSA) is 107 Å². The summed E-state index contributed by atoms with van der Waals surface area (Å²) in [4.78, 5) is 23.3. The van der Waals surface area contributed by atoms with Gasteiger partial charge in [-0.1, -0.05) is 23.2 Å². The van der Waals surface area contributed by atoms with Crippen LogP contribution >= 0.6 is 23.2 Å². The maximum absolute atomic E-state index is 12.9. The third kappa shape index (κ3) is 3.04. The molecule has 0 radical (unpaired) electrons. The number of rotatable bonds is 3. The number of benzene rings is 2. The number of ketones is 1. The Labute approximate surface area is 152 Å². The van der Waals surface area contributed by atoms with Crippen LogP contribution in [0.4, 0.5) is 10.5 Å². The number of carbonyl (C=O) groups is 2. The second-order valence-corrected chi connectivity index (χ2v) is 7.68. The highest BCUT2D eigenvalue weighted by atomic mass is 35.5. The second kappa shape index (κ2) is 6.21. The lowest BCUT2D eigenvalue weighted by molar-refractivity contribution is 0.0961. The van der Waals surface area contributed by atoms with E-state index in [1.807, 2.05) is 0 Å². The Kier molecular flexibility index (Phi) is 4.36. The van der Waals surface area contributed by atoms with E-state index >= 15 is 0 Å². The third-order valence-electron chi connectivity index (χ3n) is 3.49. The molecule has 1 heterocycles. The zero-order valence-electron chi connectivity index (χ0n) is 12.4. The molecule has 130 valence electrons. The van der Waals surface area contributed by atoms with E-state index in [0.29, 0.717) is 4.31 Å². The summed E-state index contributed by atoms with van der Waals surface area (Å²) in [5, 5.41) is 0.241. The summed E-state index contributed by atoms with van der Waals surface area (Å²) >= 11 is 11.7. The Morgan fingerprint density at radius 3 is 2.48 bits per heavy atom. The molecule has 2 aromatic rings. The normalized spacial score (nSPS) is 13.3. The van der Waals surface area contributed by atoms with Crippen molar-refractivity contribution in [1.29, 1.82) is 0 Å². The van der Waals surface area contributed by atoms with E-state index < -0.39 is 16.1 Å². The molecule has 0 saturated heterocycles. The summed E-state index contributed by atoms with van der Waals surface area (Å²) < 4.78 is 31.3. The fourth-order valence-corrected chi connectivity index (χ4v) is 3.97. The van der Waals surface area contributed by atoms with Crippen molar-refractivity contribution in [2.24, 2.45) is 5.73 Å². The highest BCUT2D eigenvalue weighted by Gasteiger charge is 2.32. The maximum Gasteiger partial charge on any atom is 0.333 e. The van der Waals surface area contributed by atoms with Gasteiger partial charge in [0.2, 0.25) is 5.78 Å². The van der Waals surface area contributed by atoms with E-state index in [1.54, 1.807) is 0 Å². The number of carbonyl (C=O) groups excluding carboxylic acids is 2. The van der Waals surface area contributed by atoms with Crippen LogP contribution in [0.2, 0.25) is 10.0 Å². The zero-order chi connectivity index (χ0) is 18.4. The monoisotopic (exact) mass is 400 g/mol. The van der Waals surface area contributed by atoms with E-state index in [2.05, 4.69) is 0 Å². The average Bonchev–Trinajstić information content (AvgIpc) is 2.91. The highest BCUT2D eigenvalue weighted by Crippen LogP contribution is 2.33. The number of nitrogens with two attached hydrogens (primary N) is 1. The number of anilines is 1. The van der Waals surface area contributed by atoms with E-state index in [1.165, 1.54) is 30.3 Å². The van der Waals surface area contributed by atoms with Gasteiger partial charge in [0.05, 0.1) is 26.2 Å². The molecule has 0 aromatic heterocycles. The fraction of sp³-hybridized carbons (Fsp3) is 0.0667. The molecule has 1 aliphatic rings. The number of ether oxygens (including phenoxy) is 1. The number of nitrogens with zero attached hydrogens (tertiary/aromatic N) is 1. The molecule has 0 atom stereocenters. The number of Topliss-reactive ketones (excluding diaryl/α,β-unsaturated/α-hetero) is 1. The lowest BCUT2D eigenvalue weighted by atomic mass is 10.1. The van der Waals surface area contributed by atoms with Gasteiger partial charge in [0, 0.05) is 0 Å². The smallest absolute Gasteiger partial charge is 0.333 e. The molecule has 2 aromatic carbocycles. The Balaban J connectivity index is 2.13. The van der Waals surface area contributed by atoms with Crippen LogP contribution in [-0.4, -0.2) is 26.8 Å². The van der Waals surface area contributed by atoms with Gasteiger partial charge >= 0.3 is 6.03 Å². The molecule has 1 aliphatic heterocycles. The Hall–Kier alpha value is -2.29. The molecule has 7 nitrogen and oxygen atoms in total. The minimum Gasteiger partial charge on any atom is -0.485 e. The minimum absolute atomic E-state index is 0.0538. The van der Waals surface area contributed by atoms with E-state index in [4.69, 9.17) is 33.7 Å². The van der Waals surface area contributed by atoms with E-state index in [-0.39, 0.29) is 44.3 Å². The standard InChI is InChI=1S/C15H10Cl2N2O5S/c16-11-3-1-8(5-12(11)17)19(15(18)21)25(22,23)9-2-4-14-10(6-9)13(20)7-24-14/h1-6H,7H2,(H2,18,21). The first-order chi connectivity index (χ1) is 11.7. The number of sulfonamides is 1. The summed E-state index contributed by atoms with van der Waals surface area (Å²) in [7, 11) is -4.38. The predicted octanol–water partition coefficient (Wildman–Crippen LogP) is 2.84. The molecule has 0 unspecified atom stereocenters. The Morgan fingerprint density at radius 2 is 1.84 bits per heavy atom. The molecule has 2 amide bonds. The van der Waals surface area contributed by atoms with E-state index in [9.17, 15) is 18.0 Å². The van der Waals surface area contributed by atoms with Gasteiger partial charge in [-0.05, 0) is 36.4 Å². The molecule has 0 bridgehead atoms. The van der Waals surface area contributed by atoms with Crippen LogP contribution in [0.1, 0.15) is 10.4 Å². The summed E-state index contributed by atoms with van der Waals surface area (Å²) in [6.07, 6.45) is 0. The molecule has 0 spiro atoms. The van der Waals surface area contributed by atoms with Crippen molar-refractivity contribution in [3.8, 4) is 5.75 Å². The van der Waals surface area contributed by atoms with Crippen LogP contribution in [0.15, 0.2) is 41.3 Å². The first kappa shape index (κ1) is 17.5. The fourth-order valence-electron chi connectivity index (χ4n) is 2.34. The number of hydrogen-bond donors (Lipinski definition) is 1. The van der Waals surface area contributed by atoms with Gasteiger partial charge in [0.15, 0.2) is 6.61 Å². The van der Waals surface area contributed by atoms with Crippen LogP contribution < -0.4 is 14.8 Å². The Morgan fingerprint density at radius 1 is 1.12 bits per heavy atom. The maximum atomic E-state index is 12.9.